The van der Waals surface area contributed by atoms with E-state index in [9.17, 15) is 13.2 Å². The molecule has 0 saturated heterocycles. The van der Waals surface area contributed by atoms with Crippen LogP contribution in [0, 0.1) is 5.41 Å². The van der Waals surface area contributed by atoms with Crippen molar-refractivity contribution in [3.8, 4) is 0 Å². The lowest BCUT2D eigenvalue weighted by Crippen LogP contribution is -2.33. The molecule has 0 bridgehead atoms. The van der Waals surface area contributed by atoms with Crippen LogP contribution in [0.1, 0.15) is 62.0 Å². The maximum Gasteiger partial charge on any atom is 0.395 e. The van der Waals surface area contributed by atoms with E-state index in [4.69, 9.17) is 34.8 Å². The summed E-state index contributed by atoms with van der Waals surface area (Å²) < 4.78 is 42.5. The molecule has 39 heavy (non-hydrogen) atoms. The number of benzene rings is 2. The van der Waals surface area contributed by atoms with E-state index >= 15 is 0 Å². The third-order valence-electron chi connectivity index (χ3n) is 7.68. The minimum absolute atomic E-state index is 0.00109. The van der Waals surface area contributed by atoms with Crippen molar-refractivity contribution in [2.45, 2.75) is 67.2 Å². The molecule has 1 unspecified atom stereocenters. The number of nitrogens with one attached hydrogen (secondary N) is 1. The SMILES string of the molecule is C=CNCCC1(CCC(c2cc(Cl)cc(Cl)c2)C(F)(F)F)CCC(Sc2ccc(C(=C)N(C)C)c(Cl)c2)CC1. The average Bonchev–Trinajstić information content (AvgIpc) is 2.84. The fourth-order valence-electron chi connectivity index (χ4n) is 5.37. The lowest BCUT2D eigenvalue weighted by Gasteiger charge is -2.41. The zero-order valence-corrected chi connectivity index (χ0v) is 25.5. The molecule has 1 aliphatic carbocycles. The van der Waals surface area contributed by atoms with E-state index in [1.54, 1.807) is 18.0 Å². The molecule has 1 aliphatic rings. The number of hydrogen-bond acceptors (Lipinski definition) is 3. The summed E-state index contributed by atoms with van der Waals surface area (Å²) in [7, 11) is 3.86. The number of thioether (sulfide) groups is 1. The number of hydrogen-bond donors (Lipinski definition) is 1. The summed E-state index contributed by atoms with van der Waals surface area (Å²) in [6.07, 6.45) is 2.13. The Balaban J connectivity index is 1.71. The molecule has 3 rings (SSSR count). The summed E-state index contributed by atoms with van der Waals surface area (Å²) in [6, 6.07) is 10.3. The van der Waals surface area contributed by atoms with Crippen LogP contribution in [0.4, 0.5) is 13.2 Å². The van der Waals surface area contributed by atoms with Gasteiger partial charge in [-0.2, -0.15) is 13.2 Å². The molecule has 2 aromatic rings. The van der Waals surface area contributed by atoms with Crippen LogP contribution in [0.15, 0.2) is 60.7 Å². The van der Waals surface area contributed by atoms with Crippen molar-refractivity contribution < 1.29 is 13.2 Å². The first kappa shape index (κ1) is 32.0. The minimum Gasteiger partial charge on any atom is -0.391 e. The van der Waals surface area contributed by atoms with E-state index < -0.39 is 12.1 Å². The summed E-state index contributed by atoms with van der Waals surface area (Å²) >= 11 is 20.4. The molecule has 0 aromatic heterocycles. The zero-order valence-electron chi connectivity index (χ0n) is 22.4. The van der Waals surface area contributed by atoms with Gasteiger partial charge in [-0.15, -0.1) is 11.8 Å². The fourth-order valence-corrected chi connectivity index (χ4v) is 7.45. The first-order chi connectivity index (χ1) is 18.3. The Morgan fingerprint density at radius 2 is 1.74 bits per heavy atom. The highest BCUT2D eigenvalue weighted by Crippen LogP contribution is 2.50. The van der Waals surface area contributed by atoms with Crippen LogP contribution in [-0.2, 0) is 0 Å². The second-order valence-electron chi connectivity index (χ2n) is 10.5. The van der Waals surface area contributed by atoms with E-state index in [-0.39, 0.29) is 27.4 Å². The van der Waals surface area contributed by atoms with E-state index in [0.717, 1.165) is 48.3 Å². The van der Waals surface area contributed by atoms with Crippen molar-refractivity contribution in [2.24, 2.45) is 5.41 Å². The minimum atomic E-state index is -4.38. The van der Waals surface area contributed by atoms with Gasteiger partial charge in [-0.1, -0.05) is 54.0 Å². The largest absolute Gasteiger partial charge is 0.395 e. The second kappa shape index (κ2) is 13.9. The van der Waals surface area contributed by atoms with E-state index in [1.165, 1.54) is 18.2 Å². The van der Waals surface area contributed by atoms with Crippen LogP contribution >= 0.6 is 46.6 Å². The summed E-state index contributed by atoms with van der Waals surface area (Å²) in [6.45, 7) is 8.49. The molecule has 2 aromatic carbocycles. The van der Waals surface area contributed by atoms with Crippen LogP contribution in [-0.4, -0.2) is 37.0 Å². The normalized spacial score (nSPS) is 20.4. The van der Waals surface area contributed by atoms with Crippen molar-refractivity contribution in [3.63, 3.8) is 0 Å². The highest BCUT2D eigenvalue weighted by molar-refractivity contribution is 8.00. The van der Waals surface area contributed by atoms with Gasteiger partial charge in [0.2, 0.25) is 0 Å². The van der Waals surface area contributed by atoms with Gasteiger partial charge in [0.1, 0.15) is 0 Å². The Labute approximate surface area is 250 Å². The third-order valence-corrected chi connectivity index (χ3v) is 9.76. The second-order valence-corrected chi connectivity index (χ2v) is 13.2. The molecule has 1 saturated carbocycles. The Hall–Kier alpha value is -1.47. The molecule has 1 fully saturated rings. The molecule has 9 heteroatoms. The van der Waals surface area contributed by atoms with E-state index in [1.807, 2.05) is 31.1 Å². The topological polar surface area (TPSA) is 15.3 Å². The highest BCUT2D eigenvalue weighted by atomic mass is 35.5. The summed E-state index contributed by atoms with van der Waals surface area (Å²) in [5, 5.41) is 4.62. The maximum absolute atomic E-state index is 14.2. The Morgan fingerprint density at radius 1 is 1.10 bits per heavy atom. The predicted molar refractivity (Wildman–Crippen MR) is 162 cm³/mol. The van der Waals surface area contributed by atoms with E-state index in [2.05, 4.69) is 24.5 Å². The number of nitrogens with zero attached hydrogens (tertiary/aromatic N) is 1. The molecule has 2 nitrogen and oxygen atoms in total. The maximum atomic E-state index is 14.2. The Kier molecular flexibility index (Phi) is 11.5. The van der Waals surface area contributed by atoms with Gasteiger partial charge in [0.15, 0.2) is 0 Å². The number of halogens is 6. The van der Waals surface area contributed by atoms with Crippen molar-refractivity contribution in [2.75, 3.05) is 20.6 Å². The van der Waals surface area contributed by atoms with Gasteiger partial charge < -0.3 is 10.2 Å². The Bertz CT molecular complexity index is 1120. The van der Waals surface area contributed by atoms with Gasteiger partial charge in [-0.3, -0.25) is 0 Å². The van der Waals surface area contributed by atoms with Crippen molar-refractivity contribution >= 4 is 52.3 Å². The third kappa shape index (κ3) is 9.01. The Morgan fingerprint density at radius 3 is 2.28 bits per heavy atom. The average molecular weight is 620 g/mol. The molecule has 0 amide bonds. The van der Waals surface area contributed by atoms with Crippen LogP contribution in [0.5, 0.6) is 0 Å². The van der Waals surface area contributed by atoms with Gasteiger partial charge in [0, 0.05) is 52.1 Å². The van der Waals surface area contributed by atoms with Gasteiger partial charge in [-0.25, -0.2) is 0 Å². The first-order valence-corrected chi connectivity index (χ1v) is 15.0. The van der Waals surface area contributed by atoms with E-state index in [0.29, 0.717) is 23.2 Å². The molecule has 0 spiro atoms. The quantitative estimate of drug-likeness (QED) is 0.238. The fraction of sp³-hybridized carbons (Fsp3) is 0.467. The predicted octanol–water partition coefficient (Wildman–Crippen LogP) is 10.4. The molecular formula is C30H36Cl3F3N2S. The lowest BCUT2D eigenvalue weighted by atomic mass is 9.67. The number of alkyl halides is 3. The molecule has 214 valence electrons. The molecule has 0 aliphatic heterocycles. The van der Waals surface area contributed by atoms with Crippen LogP contribution in [0.25, 0.3) is 5.70 Å². The van der Waals surface area contributed by atoms with Gasteiger partial charge >= 0.3 is 6.18 Å². The molecular weight excluding hydrogens is 584 g/mol. The summed E-state index contributed by atoms with van der Waals surface area (Å²) in [5.74, 6) is -1.61. The van der Waals surface area contributed by atoms with Gasteiger partial charge in [0.25, 0.3) is 0 Å². The van der Waals surface area contributed by atoms with Gasteiger partial charge in [-0.05, 0) is 92.5 Å². The monoisotopic (exact) mass is 618 g/mol. The summed E-state index contributed by atoms with van der Waals surface area (Å²) in [5.41, 5.74) is 1.71. The standard InChI is InChI=1S/C30H36Cl3F3N2S/c1-5-37-15-14-29(13-10-27(30(34,35)36)21-16-22(31)18-23(32)17-21)11-8-24(9-12-29)39-25-6-7-26(28(33)19-25)20(2)38(3)4/h5-7,16-19,24,27,37H,1-2,8-15H2,3-4H3. The van der Waals surface area contributed by atoms with Crippen molar-refractivity contribution in [1.29, 1.82) is 0 Å². The summed E-state index contributed by atoms with van der Waals surface area (Å²) in [4.78, 5) is 3.02. The smallest absolute Gasteiger partial charge is 0.391 e. The van der Waals surface area contributed by atoms with Crippen LogP contribution < -0.4 is 5.32 Å². The van der Waals surface area contributed by atoms with Crippen molar-refractivity contribution in [1.82, 2.24) is 10.2 Å². The van der Waals surface area contributed by atoms with Gasteiger partial charge in [0.05, 0.1) is 10.9 Å². The van der Waals surface area contributed by atoms with Crippen molar-refractivity contribution in [3.05, 3.63) is 82.0 Å². The lowest BCUT2D eigenvalue weighted by molar-refractivity contribution is -0.153. The zero-order chi connectivity index (χ0) is 28.8. The van der Waals surface area contributed by atoms with Crippen LogP contribution in [0.2, 0.25) is 15.1 Å². The van der Waals surface area contributed by atoms with Crippen LogP contribution in [0.3, 0.4) is 0 Å². The first-order valence-electron chi connectivity index (χ1n) is 13.0. The molecule has 1 atom stereocenters. The highest BCUT2D eigenvalue weighted by Gasteiger charge is 2.43. The molecule has 0 radical (unpaired) electrons. The number of rotatable bonds is 12. The molecule has 1 N–H and O–H groups in total. The molecule has 0 heterocycles.